The molecule has 0 unspecified atom stereocenters. The molecule has 3 aromatic rings. The molecule has 1 aliphatic rings. The van der Waals surface area contributed by atoms with Gasteiger partial charge in [0.25, 0.3) is 0 Å². The highest BCUT2D eigenvalue weighted by molar-refractivity contribution is 7.99. The topological polar surface area (TPSA) is 78.3 Å². The van der Waals surface area contributed by atoms with Crippen molar-refractivity contribution in [2.45, 2.75) is 37.1 Å². The first kappa shape index (κ1) is 19.7. The Kier molecular flexibility index (Phi) is 5.44. The van der Waals surface area contributed by atoms with E-state index in [0.29, 0.717) is 28.1 Å². The monoisotopic (exact) mass is 415 g/mol. The highest BCUT2D eigenvalue weighted by Crippen LogP contribution is 2.32. The molecule has 6 nitrogen and oxygen atoms in total. The lowest BCUT2D eigenvalue weighted by Crippen LogP contribution is -2.13. The standard InChI is InChI=1S/C20H19F2N5OS/c1-11(2)29-12-6-7-16-13(8-12)20(19-14(21)4-3-5-15(19)22)24-9-17-25-26-18(10-28-23)27(16)17/h3-8,11H,9-10,23H2,1-2H3. The molecule has 0 saturated carbocycles. The van der Waals surface area contributed by atoms with Crippen LogP contribution in [0.25, 0.3) is 5.69 Å². The fraction of sp³-hybridized carbons (Fsp3) is 0.250. The third-order valence-corrected chi connectivity index (χ3v) is 5.42. The van der Waals surface area contributed by atoms with Crippen molar-refractivity contribution in [3.63, 3.8) is 0 Å². The van der Waals surface area contributed by atoms with E-state index in [4.69, 9.17) is 10.7 Å². The summed E-state index contributed by atoms with van der Waals surface area (Å²) in [6, 6.07) is 9.53. The van der Waals surface area contributed by atoms with E-state index >= 15 is 0 Å². The molecule has 150 valence electrons. The van der Waals surface area contributed by atoms with Crippen LogP contribution in [-0.4, -0.2) is 25.7 Å². The van der Waals surface area contributed by atoms with E-state index in [-0.39, 0.29) is 24.4 Å². The van der Waals surface area contributed by atoms with E-state index < -0.39 is 11.6 Å². The highest BCUT2D eigenvalue weighted by atomic mass is 32.2. The van der Waals surface area contributed by atoms with Crippen molar-refractivity contribution in [3.05, 3.63) is 70.8 Å². The summed E-state index contributed by atoms with van der Waals surface area (Å²) in [5.41, 5.74) is 1.35. The number of rotatable bonds is 5. The minimum atomic E-state index is -0.667. The Morgan fingerprint density at radius 2 is 1.93 bits per heavy atom. The van der Waals surface area contributed by atoms with E-state index in [2.05, 4.69) is 29.0 Å². The summed E-state index contributed by atoms with van der Waals surface area (Å²) < 4.78 is 31.0. The molecule has 1 aromatic heterocycles. The number of benzene rings is 2. The minimum absolute atomic E-state index is 0.0400. The van der Waals surface area contributed by atoms with Crippen LogP contribution in [0.2, 0.25) is 0 Å². The van der Waals surface area contributed by atoms with Gasteiger partial charge in [-0.15, -0.1) is 22.0 Å². The molecule has 0 saturated heterocycles. The number of fused-ring (bicyclic) bond motifs is 3. The second-order valence-corrected chi connectivity index (χ2v) is 8.44. The largest absolute Gasteiger partial charge is 0.296 e. The fourth-order valence-corrected chi connectivity index (χ4v) is 4.20. The number of thioether (sulfide) groups is 1. The predicted octanol–water partition coefficient (Wildman–Crippen LogP) is 3.79. The van der Waals surface area contributed by atoms with Crippen LogP contribution in [0.5, 0.6) is 0 Å². The van der Waals surface area contributed by atoms with Gasteiger partial charge in [-0.3, -0.25) is 14.4 Å². The van der Waals surface area contributed by atoms with E-state index in [0.717, 1.165) is 4.90 Å². The average Bonchev–Trinajstić information content (AvgIpc) is 2.99. The Morgan fingerprint density at radius 1 is 1.17 bits per heavy atom. The third-order valence-electron chi connectivity index (χ3n) is 4.42. The maximum absolute atomic E-state index is 14.6. The SMILES string of the molecule is CC(C)Sc1ccc2c(c1)C(c1c(F)cccc1F)=NCc1nnc(CON)n1-2. The maximum atomic E-state index is 14.6. The summed E-state index contributed by atoms with van der Waals surface area (Å²) in [4.78, 5) is 10.2. The van der Waals surface area contributed by atoms with Gasteiger partial charge in [0.15, 0.2) is 11.6 Å². The van der Waals surface area contributed by atoms with Crippen molar-refractivity contribution in [1.82, 2.24) is 14.8 Å². The molecule has 0 atom stereocenters. The van der Waals surface area contributed by atoms with Gasteiger partial charge in [-0.1, -0.05) is 19.9 Å². The summed E-state index contributed by atoms with van der Waals surface area (Å²) in [6.45, 7) is 4.31. The zero-order valence-corrected chi connectivity index (χ0v) is 16.7. The summed E-state index contributed by atoms with van der Waals surface area (Å²) in [6.07, 6.45) is 0. The second-order valence-electron chi connectivity index (χ2n) is 6.79. The number of nitrogens with two attached hydrogens (primary N) is 1. The molecule has 0 aliphatic carbocycles. The van der Waals surface area contributed by atoms with Crippen molar-refractivity contribution >= 4 is 17.5 Å². The first-order chi connectivity index (χ1) is 14.0. The molecule has 0 bridgehead atoms. The number of hydrogen-bond donors (Lipinski definition) is 1. The Labute approximate surface area is 170 Å². The van der Waals surface area contributed by atoms with E-state index in [1.165, 1.54) is 18.2 Å². The number of nitrogens with zero attached hydrogens (tertiary/aromatic N) is 4. The molecule has 4 rings (SSSR count). The molecular formula is C20H19F2N5OS. The van der Waals surface area contributed by atoms with Gasteiger partial charge in [0.05, 0.1) is 17.0 Å². The lowest BCUT2D eigenvalue weighted by atomic mass is 9.99. The quantitative estimate of drug-likeness (QED) is 0.507. The Morgan fingerprint density at radius 3 is 2.62 bits per heavy atom. The summed E-state index contributed by atoms with van der Waals surface area (Å²) in [7, 11) is 0. The van der Waals surface area contributed by atoms with Gasteiger partial charge >= 0.3 is 0 Å². The number of aliphatic imine (C=N–C) groups is 1. The molecule has 2 heterocycles. The Bertz CT molecular complexity index is 1080. The van der Waals surface area contributed by atoms with Crippen molar-refractivity contribution in [2.75, 3.05) is 0 Å². The lowest BCUT2D eigenvalue weighted by Gasteiger charge is -2.16. The summed E-state index contributed by atoms with van der Waals surface area (Å²) >= 11 is 1.65. The summed E-state index contributed by atoms with van der Waals surface area (Å²) in [5.74, 6) is 4.92. The first-order valence-corrected chi connectivity index (χ1v) is 9.92. The predicted molar refractivity (Wildman–Crippen MR) is 107 cm³/mol. The highest BCUT2D eigenvalue weighted by Gasteiger charge is 2.26. The van der Waals surface area contributed by atoms with Crippen molar-refractivity contribution < 1.29 is 13.6 Å². The molecule has 0 amide bonds. The minimum Gasteiger partial charge on any atom is -0.296 e. The van der Waals surface area contributed by atoms with Gasteiger partial charge in [0.1, 0.15) is 24.8 Å². The van der Waals surface area contributed by atoms with Crippen molar-refractivity contribution in [2.24, 2.45) is 10.9 Å². The van der Waals surface area contributed by atoms with Crippen molar-refractivity contribution in [1.29, 1.82) is 0 Å². The Balaban J connectivity index is 1.97. The summed E-state index contributed by atoms with van der Waals surface area (Å²) in [5, 5.41) is 8.62. The smallest absolute Gasteiger partial charge is 0.165 e. The molecular weight excluding hydrogens is 396 g/mol. The lowest BCUT2D eigenvalue weighted by molar-refractivity contribution is 0.117. The average molecular weight is 415 g/mol. The van der Waals surface area contributed by atoms with Gasteiger partial charge < -0.3 is 0 Å². The molecule has 9 heteroatoms. The molecule has 2 N–H and O–H groups in total. The molecule has 0 fully saturated rings. The third kappa shape index (κ3) is 3.68. The maximum Gasteiger partial charge on any atom is 0.165 e. The first-order valence-electron chi connectivity index (χ1n) is 9.04. The van der Waals surface area contributed by atoms with Crippen molar-refractivity contribution in [3.8, 4) is 5.69 Å². The van der Waals surface area contributed by atoms with Gasteiger partial charge in [-0.2, -0.15) is 0 Å². The fourth-order valence-electron chi connectivity index (χ4n) is 3.32. The van der Waals surface area contributed by atoms with E-state index in [9.17, 15) is 8.78 Å². The number of aromatic nitrogens is 3. The zero-order valence-electron chi connectivity index (χ0n) is 15.9. The van der Waals surface area contributed by atoms with Crippen LogP contribution in [0.4, 0.5) is 8.78 Å². The normalized spacial score (nSPS) is 13.1. The van der Waals surface area contributed by atoms with Crippen LogP contribution in [0.15, 0.2) is 46.3 Å². The molecule has 0 spiro atoms. The van der Waals surface area contributed by atoms with Crippen LogP contribution in [0, 0.1) is 11.6 Å². The van der Waals surface area contributed by atoms with Gasteiger partial charge in [0.2, 0.25) is 0 Å². The second kappa shape index (κ2) is 8.02. The van der Waals surface area contributed by atoms with Crippen LogP contribution in [0.3, 0.4) is 0 Å². The molecule has 0 radical (unpaired) electrons. The Hall–Kier alpha value is -2.62. The number of hydrogen-bond acceptors (Lipinski definition) is 6. The van der Waals surface area contributed by atoms with Gasteiger partial charge in [0, 0.05) is 15.7 Å². The van der Waals surface area contributed by atoms with Crippen LogP contribution in [0.1, 0.15) is 36.6 Å². The number of halogens is 2. The van der Waals surface area contributed by atoms with E-state index in [1.54, 1.807) is 16.3 Å². The van der Waals surface area contributed by atoms with Crippen LogP contribution < -0.4 is 5.90 Å². The molecule has 29 heavy (non-hydrogen) atoms. The van der Waals surface area contributed by atoms with Crippen LogP contribution in [-0.2, 0) is 18.0 Å². The van der Waals surface area contributed by atoms with Gasteiger partial charge in [-0.25, -0.2) is 14.7 Å². The molecule has 1 aliphatic heterocycles. The zero-order chi connectivity index (χ0) is 20.5. The van der Waals surface area contributed by atoms with E-state index in [1.807, 2.05) is 18.2 Å². The molecule has 2 aromatic carbocycles. The van der Waals surface area contributed by atoms with Gasteiger partial charge in [-0.05, 0) is 30.3 Å². The van der Waals surface area contributed by atoms with Crippen LogP contribution >= 0.6 is 11.8 Å².